The molecule has 130 valence electrons. The van der Waals surface area contributed by atoms with Gasteiger partial charge in [-0.3, -0.25) is 0 Å². The molecular formula is C18H26N4O2. The van der Waals surface area contributed by atoms with Crippen LogP contribution in [0.15, 0.2) is 18.3 Å². The van der Waals surface area contributed by atoms with E-state index in [1.165, 1.54) is 0 Å². The molecule has 0 amide bonds. The SMILES string of the molecule is COc1cc(Oc2cnc(N)nc2NC(C)C)c(C(C)C)cc1C. The Morgan fingerprint density at radius 2 is 1.79 bits per heavy atom. The quantitative estimate of drug-likeness (QED) is 0.829. The first kappa shape index (κ1) is 17.8. The van der Waals surface area contributed by atoms with Crippen molar-refractivity contribution in [3.63, 3.8) is 0 Å². The van der Waals surface area contributed by atoms with Crippen molar-refractivity contribution < 1.29 is 9.47 Å². The predicted molar refractivity (Wildman–Crippen MR) is 97.1 cm³/mol. The van der Waals surface area contributed by atoms with Crippen molar-refractivity contribution in [1.82, 2.24) is 9.97 Å². The number of anilines is 2. The van der Waals surface area contributed by atoms with Gasteiger partial charge in [-0.25, -0.2) is 4.98 Å². The van der Waals surface area contributed by atoms with Crippen LogP contribution in [-0.4, -0.2) is 23.1 Å². The van der Waals surface area contributed by atoms with Gasteiger partial charge in [0.1, 0.15) is 11.5 Å². The van der Waals surface area contributed by atoms with E-state index in [-0.39, 0.29) is 12.0 Å². The first-order valence-electron chi connectivity index (χ1n) is 8.07. The maximum Gasteiger partial charge on any atom is 0.222 e. The summed E-state index contributed by atoms with van der Waals surface area (Å²) in [5, 5.41) is 3.24. The molecule has 0 saturated carbocycles. The van der Waals surface area contributed by atoms with Crippen LogP contribution < -0.4 is 20.5 Å². The number of hydrogen-bond acceptors (Lipinski definition) is 6. The Kier molecular flexibility index (Phi) is 5.49. The number of ether oxygens (including phenoxy) is 2. The zero-order valence-corrected chi connectivity index (χ0v) is 15.2. The summed E-state index contributed by atoms with van der Waals surface area (Å²) in [6.45, 7) is 10.3. The fourth-order valence-electron chi connectivity index (χ4n) is 2.41. The van der Waals surface area contributed by atoms with Crippen LogP contribution in [0, 0.1) is 6.92 Å². The summed E-state index contributed by atoms with van der Waals surface area (Å²) in [7, 11) is 1.65. The first-order valence-corrected chi connectivity index (χ1v) is 8.07. The molecule has 24 heavy (non-hydrogen) atoms. The van der Waals surface area contributed by atoms with E-state index < -0.39 is 0 Å². The Hall–Kier alpha value is -2.50. The number of benzene rings is 1. The molecule has 2 rings (SSSR count). The Labute approximate surface area is 143 Å². The molecule has 0 atom stereocenters. The molecule has 1 aromatic carbocycles. The third kappa shape index (κ3) is 4.07. The summed E-state index contributed by atoms with van der Waals surface area (Å²) in [4.78, 5) is 8.29. The van der Waals surface area contributed by atoms with Crippen LogP contribution in [0.4, 0.5) is 11.8 Å². The maximum absolute atomic E-state index is 6.13. The van der Waals surface area contributed by atoms with E-state index >= 15 is 0 Å². The second-order valence-electron chi connectivity index (χ2n) is 6.36. The van der Waals surface area contributed by atoms with Crippen LogP contribution in [-0.2, 0) is 0 Å². The largest absolute Gasteiger partial charge is 0.496 e. The molecule has 0 radical (unpaired) electrons. The van der Waals surface area contributed by atoms with Crippen LogP contribution in [0.5, 0.6) is 17.2 Å². The highest BCUT2D eigenvalue weighted by molar-refractivity contribution is 5.55. The van der Waals surface area contributed by atoms with Gasteiger partial charge in [0.2, 0.25) is 5.95 Å². The Balaban J connectivity index is 2.47. The summed E-state index contributed by atoms with van der Waals surface area (Å²) in [5.41, 5.74) is 7.87. The summed E-state index contributed by atoms with van der Waals surface area (Å²) >= 11 is 0. The third-order valence-electron chi connectivity index (χ3n) is 3.57. The number of nitrogens with zero attached hydrogens (tertiary/aromatic N) is 2. The zero-order valence-electron chi connectivity index (χ0n) is 15.2. The van der Waals surface area contributed by atoms with Crippen molar-refractivity contribution >= 4 is 11.8 Å². The van der Waals surface area contributed by atoms with Crippen molar-refractivity contribution in [2.45, 2.75) is 46.6 Å². The van der Waals surface area contributed by atoms with Gasteiger partial charge in [0.15, 0.2) is 11.6 Å². The molecule has 2 aromatic rings. The van der Waals surface area contributed by atoms with Crippen molar-refractivity contribution in [3.8, 4) is 17.2 Å². The second kappa shape index (κ2) is 7.38. The summed E-state index contributed by atoms with van der Waals surface area (Å²) < 4.78 is 11.6. The van der Waals surface area contributed by atoms with Gasteiger partial charge >= 0.3 is 0 Å². The monoisotopic (exact) mass is 330 g/mol. The van der Waals surface area contributed by atoms with Crippen LogP contribution in [0.25, 0.3) is 0 Å². The van der Waals surface area contributed by atoms with E-state index in [2.05, 4.69) is 35.2 Å². The van der Waals surface area contributed by atoms with Gasteiger partial charge in [-0.2, -0.15) is 4.98 Å². The number of rotatable bonds is 6. The third-order valence-corrected chi connectivity index (χ3v) is 3.57. The molecule has 0 spiro atoms. The summed E-state index contributed by atoms with van der Waals surface area (Å²) in [5.74, 6) is 3.13. The molecule has 0 saturated heterocycles. The number of nitrogen functional groups attached to an aromatic ring is 1. The number of aryl methyl sites for hydroxylation is 1. The first-order chi connectivity index (χ1) is 11.3. The van der Waals surface area contributed by atoms with Gasteiger partial charge in [0.05, 0.1) is 13.3 Å². The lowest BCUT2D eigenvalue weighted by Gasteiger charge is -2.19. The van der Waals surface area contributed by atoms with E-state index in [1.807, 2.05) is 26.8 Å². The highest BCUT2D eigenvalue weighted by Gasteiger charge is 2.16. The molecular weight excluding hydrogens is 304 g/mol. The van der Waals surface area contributed by atoms with Crippen molar-refractivity contribution in [2.75, 3.05) is 18.2 Å². The fraction of sp³-hybridized carbons (Fsp3) is 0.444. The number of methoxy groups -OCH3 is 1. The standard InChI is InChI=1S/C18H26N4O2/c1-10(2)13-7-12(5)14(23-6)8-15(13)24-16-9-20-18(19)22-17(16)21-11(3)4/h7-11H,1-6H3,(H3,19,20,21,22). The smallest absolute Gasteiger partial charge is 0.222 e. The minimum atomic E-state index is 0.193. The maximum atomic E-state index is 6.13. The van der Waals surface area contributed by atoms with E-state index in [9.17, 15) is 0 Å². The topological polar surface area (TPSA) is 82.3 Å². The normalized spacial score (nSPS) is 11.0. The van der Waals surface area contributed by atoms with Gasteiger partial charge in [-0.15, -0.1) is 0 Å². The van der Waals surface area contributed by atoms with Gasteiger partial charge in [-0.1, -0.05) is 13.8 Å². The molecule has 3 N–H and O–H groups in total. The Morgan fingerprint density at radius 3 is 2.38 bits per heavy atom. The van der Waals surface area contributed by atoms with Crippen molar-refractivity contribution in [3.05, 3.63) is 29.5 Å². The number of nitrogens with two attached hydrogens (primary N) is 1. The number of hydrogen-bond donors (Lipinski definition) is 2. The highest BCUT2D eigenvalue weighted by atomic mass is 16.5. The van der Waals surface area contributed by atoms with Crippen LogP contribution in [0.2, 0.25) is 0 Å². The van der Waals surface area contributed by atoms with Crippen LogP contribution in [0.3, 0.4) is 0 Å². The highest BCUT2D eigenvalue weighted by Crippen LogP contribution is 2.37. The minimum absolute atomic E-state index is 0.193. The summed E-state index contributed by atoms with van der Waals surface area (Å²) in [6.07, 6.45) is 1.59. The molecule has 0 fully saturated rings. The van der Waals surface area contributed by atoms with Gasteiger partial charge in [-0.05, 0) is 43.9 Å². The minimum Gasteiger partial charge on any atom is -0.496 e. The Bertz CT molecular complexity index is 714. The average molecular weight is 330 g/mol. The predicted octanol–water partition coefficient (Wildman–Crippen LogP) is 4.11. The second-order valence-corrected chi connectivity index (χ2v) is 6.36. The van der Waals surface area contributed by atoms with E-state index in [1.54, 1.807) is 13.3 Å². The fourth-order valence-corrected chi connectivity index (χ4v) is 2.41. The molecule has 6 nitrogen and oxygen atoms in total. The molecule has 1 heterocycles. The number of aromatic nitrogens is 2. The van der Waals surface area contributed by atoms with Crippen LogP contribution in [0.1, 0.15) is 44.7 Å². The summed E-state index contributed by atoms with van der Waals surface area (Å²) in [6, 6.07) is 4.19. The number of nitrogens with one attached hydrogen (secondary N) is 1. The lowest BCUT2D eigenvalue weighted by atomic mass is 9.99. The van der Waals surface area contributed by atoms with Crippen molar-refractivity contribution in [1.29, 1.82) is 0 Å². The molecule has 6 heteroatoms. The van der Waals surface area contributed by atoms with Gasteiger partial charge in [0, 0.05) is 12.1 Å². The zero-order chi connectivity index (χ0) is 17.9. The van der Waals surface area contributed by atoms with Crippen LogP contribution >= 0.6 is 0 Å². The van der Waals surface area contributed by atoms with Crippen molar-refractivity contribution in [2.24, 2.45) is 0 Å². The molecule has 0 bridgehead atoms. The Morgan fingerprint density at radius 1 is 1.08 bits per heavy atom. The molecule has 0 aliphatic carbocycles. The molecule has 0 aliphatic rings. The average Bonchev–Trinajstić information content (AvgIpc) is 2.50. The van der Waals surface area contributed by atoms with Gasteiger partial charge in [0.25, 0.3) is 0 Å². The molecule has 1 aromatic heterocycles. The van der Waals surface area contributed by atoms with Gasteiger partial charge < -0.3 is 20.5 Å². The molecule has 0 aliphatic heterocycles. The van der Waals surface area contributed by atoms with E-state index in [4.69, 9.17) is 15.2 Å². The van der Waals surface area contributed by atoms with E-state index in [0.717, 1.165) is 22.6 Å². The molecule has 0 unspecified atom stereocenters. The van der Waals surface area contributed by atoms with E-state index in [0.29, 0.717) is 17.5 Å². The lowest BCUT2D eigenvalue weighted by Crippen LogP contribution is -2.13. The lowest BCUT2D eigenvalue weighted by molar-refractivity contribution is 0.404.